The van der Waals surface area contributed by atoms with Gasteiger partial charge in [-0.1, -0.05) is 23.7 Å². The molecule has 0 unspecified atom stereocenters. The highest BCUT2D eigenvalue weighted by atomic mass is 35.5. The zero-order chi connectivity index (χ0) is 10.2. The number of nitrogens with one attached hydrogen (secondary N) is 1. The van der Waals surface area contributed by atoms with Crippen molar-refractivity contribution in [2.45, 2.75) is 18.4 Å². The van der Waals surface area contributed by atoms with Crippen LogP contribution in [0.1, 0.15) is 12.8 Å². The molecule has 14 heavy (non-hydrogen) atoms. The van der Waals surface area contributed by atoms with Gasteiger partial charge in [0, 0.05) is 0 Å². The summed E-state index contributed by atoms with van der Waals surface area (Å²) in [5, 5.41) is 12.5. The number of carbonyl (C=O) groups is 1. The van der Waals surface area contributed by atoms with Crippen molar-refractivity contribution in [2.75, 3.05) is 5.32 Å². The summed E-state index contributed by atoms with van der Waals surface area (Å²) in [7, 11) is 0. The Bertz CT molecular complexity index is 374. The predicted molar refractivity (Wildman–Crippen MR) is 54.7 cm³/mol. The minimum Gasteiger partial charge on any atom is -0.480 e. The van der Waals surface area contributed by atoms with E-state index in [9.17, 15) is 4.79 Å². The third kappa shape index (κ3) is 1.55. The van der Waals surface area contributed by atoms with Gasteiger partial charge in [-0.2, -0.15) is 0 Å². The molecular formula is C10H10ClNO2. The molecule has 0 radical (unpaired) electrons. The van der Waals surface area contributed by atoms with Crippen molar-refractivity contribution in [3.8, 4) is 0 Å². The molecule has 1 saturated carbocycles. The molecule has 0 saturated heterocycles. The molecule has 4 heteroatoms. The van der Waals surface area contributed by atoms with Gasteiger partial charge in [-0.25, -0.2) is 4.79 Å². The van der Waals surface area contributed by atoms with Gasteiger partial charge in [0.25, 0.3) is 0 Å². The van der Waals surface area contributed by atoms with E-state index in [1.165, 1.54) is 0 Å². The van der Waals surface area contributed by atoms with Crippen LogP contribution in [-0.2, 0) is 4.79 Å². The van der Waals surface area contributed by atoms with Crippen LogP contribution in [0.4, 0.5) is 5.69 Å². The predicted octanol–water partition coefficient (Wildman–Crippen LogP) is 2.37. The minimum atomic E-state index is -0.808. The fourth-order valence-electron chi connectivity index (χ4n) is 1.34. The number of aliphatic carboxylic acids is 1. The highest BCUT2D eigenvalue weighted by Crippen LogP contribution is 2.40. The van der Waals surface area contributed by atoms with E-state index in [0.29, 0.717) is 23.6 Å². The Morgan fingerprint density at radius 2 is 2.07 bits per heavy atom. The van der Waals surface area contributed by atoms with E-state index < -0.39 is 11.5 Å². The monoisotopic (exact) mass is 211 g/mol. The van der Waals surface area contributed by atoms with Crippen LogP contribution in [-0.4, -0.2) is 16.6 Å². The van der Waals surface area contributed by atoms with Gasteiger partial charge in [-0.15, -0.1) is 0 Å². The Balaban J connectivity index is 2.19. The second-order valence-electron chi connectivity index (χ2n) is 3.49. The van der Waals surface area contributed by atoms with Gasteiger partial charge < -0.3 is 10.4 Å². The van der Waals surface area contributed by atoms with Gasteiger partial charge in [0.2, 0.25) is 0 Å². The molecule has 1 aliphatic rings. The number of hydrogen-bond donors (Lipinski definition) is 2. The van der Waals surface area contributed by atoms with Crippen LogP contribution in [0.3, 0.4) is 0 Å². The van der Waals surface area contributed by atoms with Crippen LogP contribution in [0.25, 0.3) is 0 Å². The number of para-hydroxylation sites is 1. The lowest BCUT2D eigenvalue weighted by molar-refractivity contribution is -0.138. The second kappa shape index (κ2) is 3.17. The lowest BCUT2D eigenvalue weighted by atomic mass is 10.2. The summed E-state index contributed by atoms with van der Waals surface area (Å²) in [6.45, 7) is 0. The van der Waals surface area contributed by atoms with Crippen molar-refractivity contribution in [3.63, 3.8) is 0 Å². The van der Waals surface area contributed by atoms with Crippen LogP contribution in [0.5, 0.6) is 0 Å². The first kappa shape index (κ1) is 9.34. The minimum absolute atomic E-state index is 0.556. The number of halogens is 1. The SMILES string of the molecule is O=C(O)C1(Nc2ccccc2Cl)CC1. The smallest absolute Gasteiger partial charge is 0.329 e. The molecule has 0 spiro atoms. The van der Waals surface area contributed by atoms with Crippen LogP contribution in [0.2, 0.25) is 5.02 Å². The highest BCUT2D eigenvalue weighted by Gasteiger charge is 2.50. The maximum atomic E-state index is 10.9. The van der Waals surface area contributed by atoms with Gasteiger partial charge in [0.05, 0.1) is 10.7 Å². The molecule has 1 aliphatic carbocycles. The van der Waals surface area contributed by atoms with E-state index in [4.69, 9.17) is 16.7 Å². The fourth-order valence-corrected chi connectivity index (χ4v) is 1.52. The normalized spacial score (nSPS) is 17.5. The van der Waals surface area contributed by atoms with Crippen LogP contribution < -0.4 is 5.32 Å². The molecule has 2 N–H and O–H groups in total. The molecule has 0 heterocycles. The number of benzene rings is 1. The summed E-state index contributed by atoms with van der Waals surface area (Å²) >= 11 is 5.91. The maximum Gasteiger partial charge on any atom is 0.329 e. The van der Waals surface area contributed by atoms with E-state index in [1.807, 2.05) is 12.1 Å². The zero-order valence-corrected chi connectivity index (χ0v) is 8.21. The molecule has 0 aromatic heterocycles. The largest absolute Gasteiger partial charge is 0.480 e. The average molecular weight is 212 g/mol. The van der Waals surface area contributed by atoms with Gasteiger partial charge in [0.15, 0.2) is 0 Å². The first-order valence-electron chi connectivity index (χ1n) is 4.40. The van der Waals surface area contributed by atoms with Crippen molar-refractivity contribution >= 4 is 23.3 Å². The highest BCUT2D eigenvalue weighted by molar-refractivity contribution is 6.33. The zero-order valence-electron chi connectivity index (χ0n) is 7.46. The standard InChI is InChI=1S/C10H10ClNO2/c11-7-3-1-2-4-8(7)12-10(5-6-10)9(13)14/h1-4,12H,5-6H2,(H,13,14). The number of carboxylic acids is 1. The third-order valence-electron chi connectivity index (χ3n) is 2.41. The Labute approximate surface area is 86.7 Å². The summed E-state index contributed by atoms with van der Waals surface area (Å²) < 4.78 is 0. The number of anilines is 1. The van der Waals surface area contributed by atoms with E-state index in [1.54, 1.807) is 12.1 Å². The summed E-state index contributed by atoms with van der Waals surface area (Å²) in [6, 6.07) is 7.16. The second-order valence-corrected chi connectivity index (χ2v) is 3.90. The topological polar surface area (TPSA) is 49.3 Å². The molecule has 74 valence electrons. The first-order valence-corrected chi connectivity index (χ1v) is 4.78. The van der Waals surface area contributed by atoms with Gasteiger partial charge in [-0.3, -0.25) is 0 Å². The Morgan fingerprint density at radius 1 is 1.43 bits per heavy atom. The summed E-state index contributed by atoms with van der Waals surface area (Å²) in [5.74, 6) is -0.808. The van der Waals surface area contributed by atoms with Crippen molar-refractivity contribution in [3.05, 3.63) is 29.3 Å². The van der Waals surface area contributed by atoms with Crippen LogP contribution >= 0.6 is 11.6 Å². The van der Waals surface area contributed by atoms with Crippen LogP contribution in [0, 0.1) is 0 Å². The molecule has 2 rings (SSSR count). The van der Waals surface area contributed by atoms with Gasteiger partial charge in [-0.05, 0) is 25.0 Å². The van der Waals surface area contributed by atoms with Crippen molar-refractivity contribution in [1.29, 1.82) is 0 Å². The Hall–Kier alpha value is -1.22. The van der Waals surface area contributed by atoms with Crippen molar-refractivity contribution < 1.29 is 9.90 Å². The number of rotatable bonds is 3. The van der Waals surface area contributed by atoms with Gasteiger partial charge in [0.1, 0.15) is 5.54 Å². The third-order valence-corrected chi connectivity index (χ3v) is 2.74. The Kier molecular flexibility index (Phi) is 2.11. The molecule has 3 nitrogen and oxygen atoms in total. The lowest BCUT2D eigenvalue weighted by Gasteiger charge is -2.14. The number of hydrogen-bond acceptors (Lipinski definition) is 2. The van der Waals surface area contributed by atoms with E-state index in [-0.39, 0.29) is 0 Å². The molecular weight excluding hydrogens is 202 g/mol. The quantitative estimate of drug-likeness (QED) is 0.807. The summed E-state index contributed by atoms with van der Waals surface area (Å²) in [5.41, 5.74) is -0.0839. The van der Waals surface area contributed by atoms with E-state index in [0.717, 1.165) is 0 Å². The van der Waals surface area contributed by atoms with E-state index in [2.05, 4.69) is 5.32 Å². The molecule has 0 atom stereocenters. The molecule has 1 aromatic carbocycles. The molecule has 0 aliphatic heterocycles. The van der Waals surface area contributed by atoms with E-state index >= 15 is 0 Å². The summed E-state index contributed by atoms with van der Waals surface area (Å²) in [6.07, 6.45) is 1.32. The summed E-state index contributed by atoms with van der Waals surface area (Å²) in [4.78, 5) is 10.9. The number of carboxylic acid groups (broad SMARTS) is 1. The molecule has 0 bridgehead atoms. The molecule has 1 aromatic rings. The average Bonchev–Trinajstić information content (AvgIpc) is 2.90. The van der Waals surface area contributed by atoms with Crippen molar-refractivity contribution in [1.82, 2.24) is 0 Å². The first-order chi connectivity index (χ1) is 6.64. The van der Waals surface area contributed by atoms with Crippen LogP contribution in [0.15, 0.2) is 24.3 Å². The Morgan fingerprint density at radius 3 is 2.57 bits per heavy atom. The fraction of sp³-hybridized carbons (Fsp3) is 0.300. The van der Waals surface area contributed by atoms with Crippen molar-refractivity contribution in [2.24, 2.45) is 0 Å². The molecule has 0 amide bonds. The van der Waals surface area contributed by atoms with Gasteiger partial charge >= 0.3 is 5.97 Å². The lowest BCUT2D eigenvalue weighted by Crippen LogP contribution is -2.31. The maximum absolute atomic E-state index is 10.9. The molecule has 1 fully saturated rings.